The number of ether oxygens (including phenoxy) is 2. The molecule has 2 rings (SSSR count). The van der Waals surface area contributed by atoms with E-state index in [0.29, 0.717) is 13.2 Å². The first-order valence-corrected chi connectivity index (χ1v) is 8.63. The molecule has 1 aromatic rings. The summed E-state index contributed by atoms with van der Waals surface area (Å²) in [6.45, 7) is 7.03. The zero-order valence-electron chi connectivity index (χ0n) is 14.8. The van der Waals surface area contributed by atoms with Gasteiger partial charge in [0.15, 0.2) is 5.92 Å². The Balaban J connectivity index is 2.17. The molecule has 25 heavy (non-hydrogen) atoms. The number of benzene rings is 1. The highest BCUT2D eigenvalue weighted by molar-refractivity contribution is 5.92. The standard InChI is InChI=1S/C19H25N3O3/c1-3-25-19(23)17(13-20)14-21-15(2)18(16-7-5-4-6-8-16)22-9-11-24-12-10-22/h4-8,14-15,17-18H,3,9-12H2,1-2H3/t15-,17-,18-/m1/s1. The third-order valence-corrected chi connectivity index (χ3v) is 4.19. The Morgan fingerprint density at radius 1 is 1.40 bits per heavy atom. The molecule has 1 heterocycles. The molecule has 0 aliphatic carbocycles. The second-order valence-electron chi connectivity index (χ2n) is 5.90. The minimum Gasteiger partial charge on any atom is -0.465 e. The number of nitrogens with zero attached hydrogens (tertiary/aromatic N) is 3. The lowest BCUT2D eigenvalue weighted by molar-refractivity contribution is -0.143. The summed E-state index contributed by atoms with van der Waals surface area (Å²) in [5.41, 5.74) is 1.17. The molecule has 134 valence electrons. The van der Waals surface area contributed by atoms with Crippen molar-refractivity contribution < 1.29 is 14.3 Å². The predicted molar refractivity (Wildman–Crippen MR) is 95.3 cm³/mol. The number of hydrogen-bond acceptors (Lipinski definition) is 6. The van der Waals surface area contributed by atoms with Crippen molar-refractivity contribution >= 4 is 12.2 Å². The third-order valence-electron chi connectivity index (χ3n) is 4.19. The maximum Gasteiger partial charge on any atom is 0.328 e. The van der Waals surface area contributed by atoms with Crippen LogP contribution < -0.4 is 0 Å². The molecule has 0 radical (unpaired) electrons. The summed E-state index contributed by atoms with van der Waals surface area (Å²) in [5, 5.41) is 9.17. The lowest BCUT2D eigenvalue weighted by Crippen LogP contribution is -2.42. The summed E-state index contributed by atoms with van der Waals surface area (Å²) in [5.74, 6) is -1.52. The number of hydrogen-bond donors (Lipinski definition) is 0. The highest BCUT2D eigenvalue weighted by atomic mass is 16.5. The van der Waals surface area contributed by atoms with Gasteiger partial charge in [0.05, 0.1) is 38.0 Å². The van der Waals surface area contributed by atoms with E-state index in [9.17, 15) is 10.1 Å². The number of nitriles is 1. The van der Waals surface area contributed by atoms with E-state index >= 15 is 0 Å². The highest BCUT2D eigenvalue weighted by Crippen LogP contribution is 2.27. The lowest BCUT2D eigenvalue weighted by Gasteiger charge is -2.37. The van der Waals surface area contributed by atoms with Crippen molar-refractivity contribution in [2.45, 2.75) is 25.9 Å². The molecule has 0 amide bonds. The summed E-state index contributed by atoms with van der Waals surface area (Å²) in [4.78, 5) is 18.6. The number of carbonyl (C=O) groups excluding carboxylic acids is 1. The average molecular weight is 343 g/mol. The molecule has 0 spiro atoms. The Labute approximate surface area is 149 Å². The van der Waals surface area contributed by atoms with Gasteiger partial charge in [-0.05, 0) is 19.4 Å². The van der Waals surface area contributed by atoms with E-state index in [1.165, 1.54) is 11.8 Å². The van der Waals surface area contributed by atoms with Crippen LogP contribution in [0.2, 0.25) is 0 Å². The van der Waals surface area contributed by atoms with E-state index in [0.717, 1.165) is 13.1 Å². The number of aliphatic imine (C=N–C) groups is 1. The molecular formula is C19H25N3O3. The molecule has 1 aliphatic heterocycles. The van der Waals surface area contributed by atoms with Gasteiger partial charge in [0, 0.05) is 19.3 Å². The topological polar surface area (TPSA) is 74.9 Å². The second-order valence-corrected chi connectivity index (χ2v) is 5.90. The van der Waals surface area contributed by atoms with Gasteiger partial charge in [-0.1, -0.05) is 30.3 Å². The number of morpholine rings is 1. The summed E-state index contributed by atoms with van der Waals surface area (Å²) >= 11 is 0. The third kappa shape index (κ3) is 5.38. The van der Waals surface area contributed by atoms with Crippen molar-refractivity contribution in [2.24, 2.45) is 10.9 Å². The molecule has 0 unspecified atom stereocenters. The van der Waals surface area contributed by atoms with E-state index in [-0.39, 0.29) is 18.7 Å². The number of esters is 1. The molecule has 1 saturated heterocycles. The molecule has 0 N–H and O–H groups in total. The lowest BCUT2D eigenvalue weighted by atomic mass is 9.98. The monoisotopic (exact) mass is 343 g/mol. The fourth-order valence-electron chi connectivity index (χ4n) is 2.98. The summed E-state index contributed by atoms with van der Waals surface area (Å²) in [6, 6.07) is 12.1. The Bertz CT molecular complexity index is 606. The molecule has 0 bridgehead atoms. The Morgan fingerprint density at radius 3 is 2.68 bits per heavy atom. The number of rotatable bonds is 7. The van der Waals surface area contributed by atoms with Gasteiger partial charge in [-0.3, -0.25) is 14.7 Å². The van der Waals surface area contributed by atoms with Gasteiger partial charge in [-0.2, -0.15) is 5.26 Å². The van der Waals surface area contributed by atoms with Crippen LogP contribution in [-0.4, -0.2) is 56.0 Å². The highest BCUT2D eigenvalue weighted by Gasteiger charge is 2.27. The van der Waals surface area contributed by atoms with E-state index in [1.807, 2.05) is 31.2 Å². The molecule has 3 atom stereocenters. The SMILES string of the molecule is CCOC(=O)[C@H](C#N)C=N[C@H](C)[C@H](c1ccccc1)N1CCOCC1. The van der Waals surface area contributed by atoms with E-state index in [4.69, 9.17) is 9.47 Å². The van der Waals surface area contributed by atoms with Crippen LogP contribution in [0, 0.1) is 17.2 Å². The van der Waals surface area contributed by atoms with Crippen molar-refractivity contribution in [3.63, 3.8) is 0 Å². The fourth-order valence-corrected chi connectivity index (χ4v) is 2.98. The van der Waals surface area contributed by atoms with Crippen molar-refractivity contribution in [1.82, 2.24) is 4.90 Å². The van der Waals surface area contributed by atoms with Crippen LogP contribution in [0.4, 0.5) is 0 Å². The minimum absolute atomic E-state index is 0.0721. The molecule has 1 fully saturated rings. The smallest absolute Gasteiger partial charge is 0.328 e. The van der Waals surface area contributed by atoms with Crippen LogP contribution in [0.5, 0.6) is 0 Å². The van der Waals surface area contributed by atoms with Crippen molar-refractivity contribution in [3.05, 3.63) is 35.9 Å². The molecule has 6 nitrogen and oxygen atoms in total. The maximum atomic E-state index is 11.8. The predicted octanol–water partition coefficient (Wildman–Crippen LogP) is 2.22. The first kappa shape index (κ1) is 19.1. The van der Waals surface area contributed by atoms with Crippen molar-refractivity contribution in [3.8, 4) is 6.07 Å². The zero-order valence-corrected chi connectivity index (χ0v) is 14.8. The fraction of sp³-hybridized carbons (Fsp3) is 0.526. The van der Waals surface area contributed by atoms with Gasteiger partial charge >= 0.3 is 5.97 Å². The molecule has 0 aromatic heterocycles. The Morgan fingerprint density at radius 2 is 2.08 bits per heavy atom. The minimum atomic E-state index is -0.969. The van der Waals surface area contributed by atoms with Gasteiger partial charge in [-0.25, -0.2) is 0 Å². The average Bonchev–Trinajstić information content (AvgIpc) is 2.64. The van der Waals surface area contributed by atoms with Crippen LogP contribution >= 0.6 is 0 Å². The van der Waals surface area contributed by atoms with Gasteiger partial charge in [0.25, 0.3) is 0 Å². The zero-order chi connectivity index (χ0) is 18.1. The largest absolute Gasteiger partial charge is 0.465 e. The van der Waals surface area contributed by atoms with Crippen molar-refractivity contribution in [1.29, 1.82) is 5.26 Å². The molecule has 1 aromatic carbocycles. The van der Waals surface area contributed by atoms with E-state index in [1.54, 1.807) is 6.92 Å². The van der Waals surface area contributed by atoms with E-state index in [2.05, 4.69) is 22.0 Å². The maximum absolute atomic E-state index is 11.8. The molecule has 6 heteroatoms. The van der Waals surface area contributed by atoms with Gasteiger partial charge in [0.1, 0.15) is 0 Å². The quantitative estimate of drug-likeness (QED) is 0.560. The van der Waals surface area contributed by atoms with Crippen LogP contribution in [0.1, 0.15) is 25.5 Å². The molecule has 1 aliphatic rings. The summed E-state index contributed by atoms with van der Waals surface area (Å²) in [7, 11) is 0. The Hall–Kier alpha value is -2.23. The summed E-state index contributed by atoms with van der Waals surface area (Å²) in [6.07, 6.45) is 1.42. The van der Waals surface area contributed by atoms with E-state index < -0.39 is 11.9 Å². The first-order chi connectivity index (χ1) is 12.2. The van der Waals surface area contributed by atoms with Gasteiger partial charge in [-0.15, -0.1) is 0 Å². The molecular weight excluding hydrogens is 318 g/mol. The van der Waals surface area contributed by atoms with Crippen LogP contribution in [0.3, 0.4) is 0 Å². The molecule has 0 saturated carbocycles. The van der Waals surface area contributed by atoms with Gasteiger partial charge in [0.2, 0.25) is 0 Å². The normalized spacial score (nSPS) is 19.1. The van der Waals surface area contributed by atoms with Crippen LogP contribution in [0.15, 0.2) is 35.3 Å². The van der Waals surface area contributed by atoms with Crippen molar-refractivity contribution in [2.75, 3.05) is 32.9 Å². The summed E-state index contributed by atoms with van der Waals surface area (Å²) < 4.78 is 10.4. The second kappa shape index (κ2) is 9.92. The number of carbonyl (C=O) groups is 1. The van der Waals surface area contributed by atoms with Gasteiger partial charge < -0.3 is 9.47 Å². The Kier molecular flexibility index (Phi) is 7.58. The first-order valence-electron chi connectivity index (χ1n) is 8.63. The van der Waals surface area contributed by atoms with Crippen LogP contribution in [-0.2, 0) is 14.3 Å². The van der Waals surface area contributed by atoms with Crippen LogP contribution in [0.25, 0.3) is 0 Å².